The summed E-state index contributed by atoms with van der Waals surface area (Å²) in [5, 5.41) is 0. The molecule has 0 radical (unpaired) electrons. The van der Waals surface area contributed by atoms with E-state index in [2.05, 4.69) is 29.2 Å². The molecular weight excluding hydrogens is 208 g/mol. The predicted molar refractivity (Wildman–Crippen MR) is 63.5 cm³/mol. The van der Waals surface area contributed by atoms with E-state index < -0.39 is 0 Å². The van der Waals surface area contributed by atoms with Gasteiger partial charge in [0, 0.05) is 23.0 Å². The molecule has 1 aromatic rings. The zero-order valence-electron chi connectivity index (χ0n) is 9.08. The van der Waals surface area contributed by atoms with Crippen LogP contribution in [0.4, 0.5) is 5.82 Å². The number of hydrazine groups is 1. The molecule has 2 rings (SSSR count). The molecular formula is C10H16N4S. The van der Waals surface area contributed by atoms with Crippen LogP contribution in [0.15, 0.2) is 0 Å². The van der Waals surface area contributed by atoms with E-state index in [0.717, 1.165) is 35.3 Å². The summed E-state index contributed by atoms with van der Waals surface area (Å²) in [5.74, 6) is 9.54. The topological polar surface area (TPSA) is 63.8 Å². The van der Waals surface area contributed by atoms with E-state index in [1.807, 2.05) is 11.8 Å². The van der Waals surface area contributed by atoms with Crippen LogP contribution in [-0.2, 0) is 11.5 Å². The number of thioether (sulfide) groups is 1. The van der Waals surface area contributed by atoms with Crippen molar-refractivity contribution in [2.75, 3.05) is 5.43 Å². The third-order valence-electron chi connectivity index (χ3n) is 2.79. The minimum atomic E-state index is 0.396. The number of nitrogens with two attached hydrogens (primary N) is 1. The van der Waals surface area contributed by atoms with Crippen molar-refractivity contribution >= 4 is 17.6 Å². The second kappa shape index (κ2) is 4.37. The molecule has 1 aliphatic rings. The number of hydrogen-bond donors (Lipinski definition) is 2. The first-order valence-corrected chi connectivity index (χ1v) is 6.35. The molecule has 0 saturated heterocycles. The number of rotatable bonds is 3. The van der Waals surface area contributed by atoms with Crippen molar-refractivity contribution in [1.82, 2.24) is 9.97 Å². The molecule has 3 N–H and O–H groups in total. The lowest BCUT2D eigenvalue weighted by Gasteiger charge is -2.12. The monoisotopic (exact) mass is 224 g/mol. The van der Waals surface area contributed by atoms with Gasteiger partial charge in [0.1, 0.15) is 11.6 Å². The zero-order chi connectivity index (χ0) is 10.8. The maximum Gasteiger partial charge on any atom is 0.148 e. The average Bonchev–Trinajstić information content (AvgIpc) is 2.74. The Labute approximate surface area is 94.0 Å². The Morgan fingerprint density at radius 2 is 2.27 bits per heavy atom. The van der Waals surface area contributed by atoms with Crippen molar-refractivity contribution in [3.8, 4) is 0 Å². The van der Waals surface area contributed by atoms with E-state index in [9.17, 15) is 0 Å². The summed E-state index contributed by atoms with van der Waals surface area (Å²) in [6, 6.07) is 0. The fourth-order valence-electron chi connectivity index (χ4n) is 1.59. The van der Waals surface area contributed by atoms with E-state index in [1.165, 1.54) is 5.56 Å². The molecule has 5 heteroatoms. The van der Waals surface area contributed by atoms with E-state index in [-0.39, 0.29) is 0 Å². The van der Waals surface area contributed by atoms with Gasteiger partial charge in [-0.2, -0.15) is 11.8 Å². The molecule has 0 spiro atoms. The molecule has 0 amide bonds. The van der Waals surface area contributed by atoms with Crippen molar-refractivity contribution in [3.05, 3.63) is 17.1 Å². The van der Waals surface area contributed by atoms with Gasteiger partial charge in [-0.1, -0.05) is 13.8 Å². The van der Waals surface area contributed by atoms with Gasteiger partial charge in [0.05, 0.1) is 5.69 Å². The van der Waals surface area contributed by atoms with E-state index >= 15 is 0 Å². The van der Waals surface area contributed by atoms with Crippen LogP contribution in [0, 0.1) is 0 Å². The molecule has 82 valence electrons. The number of nitrogens with zero attached hydrogens (tertiary/aromatic N) is 2. The summed E-state index contributed by atoms with van der Waals surface area (Å²) in [7, 11) is 0. The molecule has 4 nitrogen and oxygen atoms in total. The van der Waals surface area contributed by atoms with E-state index in [4.69, 9.17) is 5.84 Å². The molecule has 1 unspecified atom stereocenters. The summed E-state index contributed by atoms with van der Waals surface area (Å²) < 4.78 is 0. The number of nitrogen functional groups attached to an aromatic ring is 1. The van der Waals surface area contributed by atoms with Crippen molar-refractivity contribution in [3.63, 3.8) is 0 Å². The first-order chi connectivity index (χ1) is 7.26. The Bertz CT molecular complexity index is 367. The minimum absolute atomic E-state index is 0.396. The lowest BCUT2D eigenvalue weighted by Crippen LogP contribution is -2.14. The normalized spacial score (nSPS) is 16.2. The molecule has 1 atom stereocenters. The highest BCUT2D eigenvalue weighted by molar-refractivity contribution is 7.98. The van der Waals surface area contributed by atoms with Gasteiger partial charge in [-0.25, -0.2) is 15.8 Å². The van der Waals surface area contributed by atoms with Crippen LogP contribution in [0.2, 0.25) is 0 Å². The Morgan fingerprint density at radius 3 is 2.93 bits per heavy atom. The van der Waals surface area contributed by atoms with Crippen molar-refractivity contribution in [1.29, 1.82) is 0 Å². The van der Waals surface area contributed by atoms with Gasteiger partial charge in [-0.05, 0) is 6.42 Å². The van der Waals surface area contributed by atoms with Gasteiger partial charge in [0.2, 0.25) is 0 Å². The fourth-order valence-corrected chi connectivity index (χ4v) is 2.63. The number of nitrogens with one attached hydrogen (secondary N) is 1. The Morgan fingerprint density at radius 1 is 1.47 bits per heavy atom. The molecule has 0 aromatic carbocycles. The minimum Gasteiger partial charge on any atom is -0.308 e. The molecule has 0 bridgehead atoms. The summed E-state index contributed by atoms with van der Waals surface area (Å²) in [5.41, 5.74) is 5.01. The lowest BCUT2D eigenvalue weighted by atomic mass is 10.1. The lowest BCUT2D eigenvalue weighted by molar-refractivity contribution is 0.673. The fraction of sp³-hybridized carbons (Fsp3) is 0.600. The standard InChI is InChI=1S/C10H16N4S/c1-3-6(2)9-12-8-5-15-4-7(8)10(13-9)14-11/h6H,3-5,11H2,1-2H3,(H,12,13,14). The van der Waals surface area contributed by atoms with Crippen LogP contribution in [-0.4, -0.2) is 9.97 Å². The molecule has 0 saturated carbocycles. The average molecular weight is 224 g/mol. The zero-order valence-corrected chi connectivity index (χ0v) is 9.90. The smallest absolute Gasteiger partial charge is 0.148 e. The van der Waals surface area contributed by atoms with Crippen LogP contribution in [0.5, 0.6) is 0 Å². The Hall–Kier alpha value is -0.810. The van der Waals surface area contributed by atoms with Gasteiger partial charge in [-0.3, -0.25) is 0 Å². The van der Waals surface area contributed by atoms with Crippen molar-refractivity contribution in [2.45, 2.75) is 37.7 Å². The third-order valence-corrected chi connectivity index (χ3v) is 3.76. The Kier molecular flexibility index (Phi) is 3.11. The van der Waals surface area contributed by atoms with Crippen LogP contribution in [0.3, 0.4) is 0 Å². The molecule has 1 aromatic heterocycles. The second-order valence-electron chi connectivity index (χ2n) is 3.80. The van der Waals surface area contributed by atoms with Crippen LogP contribution >= 0.6 is 11.8 Å². The molecule has 2 heterocycles. The molecule has 15 heavy (non-hydrogen) atoms. The summed E-state index contributed by atoms with van der Waals surface area (Å²) in [6.07, 6.45) is 1.05. The molecule has 1 aliphatic heterocycles. The number of aromatic nitrogens is 2. The van der Waals surface area contributed by atoms with Gasteiger partial charge < -0.3 is 5.43 Å². The van der Waals surface area contributed by atoms with Crippen molar-refractivity contribution < 1.29 is 0 Å². The molecule has 0 fully saturated rings. The van der Waals surface area contributed by atoms with Crippen LogP contribution in [0.1, 0.15) is 43.3 Å². The van der Waals surface area contributed by atoms with Gasteiger partial charge in [0.25, 0.3) is 0 Å². The predicted octanol–water partition coefficient (Wildman–Crippen LogP) is 2.02. The maximum absolute atomic E-state index is 5.48. The summed E-state index contributed by atoms with van der Waals surface area (Å²) >= 11 is 1.86. The SMILES string of the molecule is CCC(C)c1nc2c(c(NN)n1)CSC2. The van der Waals surface area contributed by atoms with Gasteiger partial charge in [0.15, 0.2) is 0 Å². The van der Waals surface area contributed by atoms with E-state index in [0.29, 0.717) is 5.92 Å². The van der Waals surface area contributed by atoms with Crippen LogP contribution in [0.25, 0.3) is 0 Å². The third kappa shape index (κ3) is 1.94. The highest BCUT2D eigenvalue weighted by atomic mass is 32.2. The second-order valence-corrected chi connectivity index (χ2v) is 4.79. The maximum atomic E-state index is 5.48. The summed E-state index contributed by atoms with van der Waals surface area (Å²) in [6.45, 7) is 4.29. The van der Waals surface area contributed by atoms with E-state index in [1.54, 1.807) is 0 Å². The largest absolute Gasteiger partial charge is 0.308 e. The van der Waals surface area contributed by atoms with Crippen LogP contribution < -0.4 is 11.3 Å². The number of hydrogen-bond acceptors (Lipinski definition) is 5. The Balaban J connectivity index is 2.43. The molecule has 0 aliphatic carbocycles. The highest BCUT2D eigenvalue weighted by Gasteiger charge is 2.20. The van der Waals surface area contributed by atoms with Crippen molar-refractivity contribution in [2.24, 2.45) is 5.84 Å². The first-order valence-electron chi connectivity index (χ1n) is 5.20. The van der Waals surface area contributed by atoms with Gasteiger partial charge >= 0.3 is 0 Å². The highest BCUT2D eigenvalue weighted by Crippen LogP contribution is 2.33. The number of anilines is 1. The first kappa shape index (κ1) is 10.7. The van der Waals surface area contributed by atoms with Gasteiger partial charge in [-0.15, -0.1) is 0 Å². The quantitative estimate of drug-likeness (QED) is 0.607. The summed E-state index contributed by atoms with van der Waals surface area (Å²) in [4.78, 5) is 9.08. The number of fused-ring (bicyclic) bond motifs is 1.